The topological polar surface area (TPSA) is 12.0 Å². The monoisotopic (exact) mass is 285 g/mol. The molecule has 1 atom stereocenters. The first-order valence-corrected chi connectivity index (χ1v) is 7.67. The van der Waals surface area contributed by atoms with E-state index >= 15 is 0 Å². The highest BCUT2D eigenvalue weighted by atomic mass is 35.5. The molecule has 0 aliphatic heterocycles. The predicted molar refractivity (Wildman–Crippen MR) is 78.4 cm³/mol. The van der Waals surface area contributed by atoms with E-state index < -0.39 is 0 Å². The molecule has 0 saturated heterocycles. The van der Waals surface area contributed by atoms with Crippen LogP contribution in [0.25, 0.3) is 0 Å². The maximum atomic E-state index is 5.91. The Labute approximate surface area is 115 Å². The van der Waals surface area contributed by atoms with Gasteiger partial charge in [-0.05, 0) is 38.5 Å². The van der Waals surface area contributed by atoms with E-state index in [1.165, 1.54) is 20.2 Å². The first-order valence-electron chi connectivity index (χ1n) is 5.59. The summed E-state index contributed by atoms with van der Waals surface area (Å²) in [6, 6.07) is 4.69. The van der Waals surface area contributed by atoms with Crippen molar-refractivity contribution in [2.75, 3.05) is 0 Å². The normalized spacial score (nSPS) is 12.9. The summed E-state index contributed by atoms with van der Waals surface area (Å²) < 4.78 is 0. The van der Waals surface area contributed by atoms with E-state index in [9.17, 15) is 0 Å². The van der Waals surface area contributed by atoms with E-state index in [1.807, 2.05) is 22.8 Å². The van der Waals surface area contributed by atoms with Crippen LogP contribution in [-0.4, -0.2) is 0 Å². The second-order valence-corrected chi connectivity index (χ2v) is 7.10. The van der Waals surface area contributed by atoms with Crippen molar-refractivity contribution in [3.05, 3.63) is 42.7 Å². The van der Waals surface area contributed by atoms with Crippen LogP contribution in [0.1, 0.15) is 33.2 Å². The minimum atomic E-state index is 0.390. The second-order valence-electron chi connectivity index (χ2n) is 4.20. The fourth-order valence-electron chi connectivity index (χ4n) is 1.89. The van der Waals surface area contributed by atoms with Crippen molar-refractivity contribution in [2.45, 2.75) is 33.4 Å². The van der Waals surface area contributed by atoms with Gasteiger partial charge >= 0.3 is 0 Å². The first kappa shape index (κ1) is 13.1. The molecule has 1 unspecified atom stereocenters. The zero-order valence-electron chi connectivity index (χ0n) is 10.2. The molecule has 0 aliphatic carbocycles. The van der Waals surface area contributed by atoms with Crippen LogP contribution in [0, 0.1) is 13.8 Å². The van der Waals surface area contributed by atoms with Gasteiger partial charge in [-0.15, -0.1) is 22.7 Å². The highest BCUT2D eigenvalue weighted by Gasteiger charge is 2.10. The molecule has 0 amide bonds. The highest BCUT2D eigenvalue weighted by Crippen LogP contribution is 2.27. The third-order valence-electron chi connectivity index (χ3n) is 2.75. The predicted octanol–water partition coefficient (Wildman–Crippen LogP) is 4.93. The van der Waals surface area contributed by atoms with E-state index in [0.29, 0.717) is 6.04 Å². The molecule has 2 heterocycles. The van der Waals surface area contributed by atoms with Gasteiger partial charge in [-0.1, -0.05) is 11.6 Å². The standard InChI is InChI=1S/C13H16ClNS2/c1-8-4-13(10(3)17-8)9(2)15-6-12-5-11(14)7-16-12/h4-5,7,9,15H,6H2,1-3H3. The molecule has 92 valence electrons. The van der Waals surface area contributed by atoms with Crippen LogP contribution in [-0.2, 0) is 6.54 Å². The van der Waals surface area contributed by atoms with Crippen molar-refractivity contribution >= 4 is 34.3 Å². The van der Waals surface area contributed by atoms with Gasteiger partial charge in [-0.3, -0.25) is 0 Å². The summed E-state index contributed by atoms with van der Waals surface area (Å²) in [6.45, 7) is 7.44. The van der Waals surface area contributed by atoms with Crippen molar-refractivity contribution < 1.29 is 0 Å². The Kier molecular flexibility index (Phi) is 4.26. The number of nitrogens with one attached hydrogen (secondary N) is 1. The Morgan fingerprint density at radius 2 is 2.12 bits per heavy atom. The van der Waals surface area contributed by atoms with E-state index in [4.69, 9.17) is 11.6 Å². The zero-order valence-corrected chi connectivity index (χ0v) is 12.6. The Balaban J connectivity index is 1.97. The Morgan fingerprint density at radius 3 is 2.65 bits per heavy atom. The van der Waals surface area contributed by atoms with Gasteiger partial charge in [0.2, 0.25) is 0 Å². The van der Waals surface area contributed by atoms with E-state index in [2.05, 4.69) is 32.2 Å². The second kappa shape index (κ2) is 5.53. The molecule has 0 saturated carbocycles. The molecule has 17 heavy (non-hydrogen) atoms. The number of hydrogen-bond donors (Lipinski definition) is 1. The van der Waals surface area contributed by atoms with E-state index in [1.54, 1.807) is 11.3 Å². The summed E-state index contributed by atoms with van der Waals surface area (Å²) in [6.07, 6.45) is 0. The average Bonchev–Trinajstić information content (AvgIpc) is 2.81. The number of rotatable bonds is 4. The molecule has 0 aromatic carbocycles. The minimum Gasteiger partial charge on any atom is -0.305 e. The molecular formula is C13H16ClNS2. The molecule has 0 bridgehead atoms. The van der Waals surface area contributed by atoms with Crippen LogP contribution in [0.4, 0.5) is 0 Å². The van der Waals surface area contributed by atoms with Crippen LogP contribution in [0.3, 0.4) is 0 Å². The fraction of sp³-hybridized carbons (Fsp3) is 0.385. The van der Waals surface area contributed by atoms with Gasteiger partial charge in [0.05, 0.1) is 5.02 Å². The van der Waals surface area contributed by atoms with Gasteiger partial charge in [-0.2, -0.15) is 0 Å². The van der Waals surface area contributed by atoms with Gasteiger partial charge in [0.1, 0.15) is 0 Å². The number of halogens is 1. The number of aryl methyl sites for hydroxylation is 2. The van der Waals surface area contributed by atoms with Crippen molar-refractivity contribution in [2.24, 2.45) is 0 Å². The number of hydrogen-bond acceptors (Lipinski definition) is 3. The molecule has 0 radical (unpaired) electrons. The third-order valence-corrected chi connectivity index (χ3v) is 5.02. The van der Waals surface area contributed by atoms with Crippen LogP contribution in [0.5, 0.6) is 0 Å². The third kappa shape index (κ3) is 3.32. The maximum Gasteiger partial charge on any atom is 0.0516 e. The molecule has 2 rings (SSSR count). The summed E-state index contributed by atoms with van der Waals surface area (Å²) >= 11 is 9.47. The van der Waals surface area contributed by atoms with Crippen molar-refractivity contribution in [1.82, 2.24) is 5.32 Å². The van der Waals surface area contributed by atoms with E-state index in [-0.39, 0.29) is 0 Å². The summed E-state index contributed by atoms with van der Waals surface area (Å²) in [4.78, 5) is 4.07. The zero-order chi connectivity index (χ0) is 12.4. The van der Waals surface area contributed by atoms with Crippen LogP contribution in [0.15, 0.2) is 17.5 Å². The summed E-state index contributed by atoms with van der Waals surface area (Å²) in [5.74, 6) is 0. The van der Waals surface area contributed by atoms with Gasteiger partial charge in [0.25, 0.3) is 0 Å². The van der Waals surface area contributed by atoms with Crippen LogP contribution < -0.4 is 5.32 Å². The molecule has 1 nitrogen and oxygen atoms in total. The van der Waals surface area contributed by atoms with Crippen LogP contribution in [0.2, 0.25) is 5.02 Å². The van der Waals surface area contributed by atoms with Crippen LogP contribution >= 0.6 is 34.3 Å². The summed E-state index contributed by atoms with van der Waals surface area (Å²) in [5.41, 5.74) is 1.41. The van der Waals surface area contributed by atoms with Crippen molar-refractivity contribution in [3.8, 4) is 0 Å². The maximum absolute atomic E-state index is 5.91. The smallest absolute Gasteiger partial charge is 0.0516 e. The Hall–Kier alpha value is -0.350. The molecule has 2 aromatic heterocycles. The van der Waals surface area contributed by atoms with Gasteiger partial charge < -0.3 is 5.32 Å². The first-order chi connectivity index (χ1) is 8.06. The lowest BCUT2D eigenvalue weighted by Crippen LogP contribution is -2.17. The largest absolute Gasteiger partial charge is 0.305 e. The van der Waals surface area contributed by atoms with Crippen molar-refractivity contribution in [3.63, 3.8) is 0 Å². The molecule has 0 aliphatic rings. The fourth-order valence-corrected chi connectivity index (χ4v) is 3.94. The summed E-state index contributed by atoms with van der Waals surface area (Å²) in [5, 5.41) is 6.35. The molecule has 4 heteroatoms. The molecule has 1 N–H and O–H groups in total. The average molecular weight is 286 g/mol. The summed E-state index contributed by atoms with van der Waals surface area (Å²) in [7, 11) is 0. The quantitative estimate of drug-likeness (QED) is 0.840. The lowest BCUT2D eigenvalue weighted by atomic mass is 10.1. The molecule has 2 aromatic rings. The Bertz CT molecular complexity index is 501. The van der Waals surface area contributed by atoms with E-state index in [0.717, 1.165) is 11.6 Å². The Morgan fingerprint density at radius 1 is 1.35 bits per heavy atom. The SMILES string of the molecule is Cc1cc(C(C)NCc2cc(Cl)cs2)c(C)s1. The van der Waals surface area contributed by atoms with Crippen molar-refractivity contribution in [1.29, 1.82) is 0 Å². The van der Waals surface area contributed by atoms with Gasteiger partial charge in [-0.25, -0.2) is 0 Å². The minimum absolute atomic E-state index is 0.390. The molecule has 0 fully saturated rings. The lowest BCUT2D eigenvalue weighted by molar-refractivity contribution is 0.578. The van der Waals surface area contributed by atoms with Gasteiger partial charge in [0.15, 0.2) is 0 Å². The molecule has 0 spiro atoms. The highest BCUT2D eigenvalue weighted by molar-refractivity contribution is 7.12. The lowest BCUT2D eigenvalue weighted by Gasteiger charge is -2.12. The van der Waals surface area contributed by atoms with Gasteiger partial charge in [0, 0.05) is 32.6 Å². The number of thiophene rings is 2. The molecular weight excluding hydrogens is 270 g/mol.